The Balaban J connectivity index is 2.41. The van der Waals surface area contributed by atoms with Gasteiger partial charge in [-0.15, -0.1) is 0 Å². The van der Waals surface area contributed by atoms with Crippen LogP contribution in [0.1, 0.15) is 6.42 Å². The minimum atomic E-state index is -0.413. The van der Waals surface area contributed by atoms with E-state index < -0.39 is 5.63 Å². The van der Waals surface area contributed by atoms with Crippen LogP contribution in [-0.4, -0.2) is 6.61 Å². The number of benzene rings is 1. The van der Waals surface area contributed by atoms with Crippen molar-refractivity contribution >= 4 is 11.0 Å². The van der Waals surface area contributed by atoms with Gasteiger partial charge in [0.2, 0.25) is 0 Å². The van der Waals surface area contributed by atoms with Crippen molar-refractivity contribution in [1.29, 1.82) is 5.26 Å². The molecule has 0 atom stereocenters. The first-order valence-electron chi connectivity index (χ1n) is 4.84. The van der Waals surface area contributed by atoms with Crippen molar-refractivity contribution in [3.05, 3.63) is 40.8 Å². The van der Waals surface area contributed by atoms with Gasteiger partial charge in [-0.2, -0.15) is 5.26 Å². The van der Waals surface area contributed by atoms with Crippen molar-refractivity contribution in [3.8, 4) is 11.8 Å². The summed E-state index contributed by atoms with van der Waals surface area (Å²) in [6, 6.07) is 10.4. The normalized spacial score (nSPS) is 9.94. The molecule has 0 fully saturated rings. The second-order valence-corrected chi connectivity index (χ2v) is 3.19. The predicted molar refractivity (Wildman–Crippen MR) is 58.2 cm³/mol. The van der Waals surface area contributed by atoms with E-state index in [4.69, 9.17) is 14.4 Å². The van der Waals surface area contributed by atoms with E-state index in [2.05, 4.69) is 0 Å². The summed E-state index contributed by atoms with van der Waals surface area (Å²) in [5, 5.41) is 9.20. The summed E-state index contributed by atoms with van der Waals surface area (Å²) in [6.07, 6.45) is 0.299. The van der Waals surface area contributed by atoms with Gasteiger partial charge < -0.3 is 9.15 Å². The van der Waals surface area contributed by atoms with Crippen LogP contribution in [0, 0.1) is 11.3 Å². The molecule has 0 N–H and O–H groups in total. The number of fused-ring (bicyclic) bond motifs is 1. The Morgan fingerprint density at radius 3 is 3.00 bits per heavy atom. The van der Waals surface area contributed by atoms with Crippen molar-refractivity contribution < 1.29 is 9.15 Å². The zero-order valence-electron chi connectivity index (χ0n) is 8.47. The van der Waals surface area contributed by atoms with Gasteiger partial charge in [-0.25, -0.2) is 4.79 Å². The zero-order chi connectivity index (χ0) is 11.4. The maximum absolute atomic E-state index is 11.1. The molecule has 4 heteroatoms. The van der Waals surface area contributed by atoms with E-state index in [1.807, 2.05) is 18.2 Å². The number of hydrogen-bond acceptors (Lipinski definition) is 4. The topological polar surface area (TPSA) is 63.2 Å². The maximum atomic E-state index is 11.1. The highest BCUT2D eigenvalue weighted by atomic mass is 16.5. The van der Waals surface area contributed by atoms with Crippen molar-refractivity contribution in [2.24, 2.45) is 0 Å². The molecule has 0 saturated heterocycles. The van der Waals surface area contributed by atoms with Crippen molar-refractivity contribution in [2.75, 3.05) is 6.61 Å². The SMILES string of the molecule is N#CCCOc1cccc2ccc(=O)oc12. The van der Waals surface area contributed by atoms with Crippen LogP contribution < -0.4 is 10.4 Å². The lowest BCUT2D eigenvalue weighted by Crippen LogP contribution is -1.99. The van der Waals surface area contributed by atoms with E-state index in [0.29, 0.717) is 17.8 Å². The Bertz CT molecular complexity index is 595. The molecule has 0 bridgehead atoms. The predicted octanol–water partition coefficient (Wildman–Crippen LogP) is 2.09. The minimum absolute atomic E-state index is 0.286. The second kappa shape index (κ2) is 4.49. The molecule has 0 aliphatic rings. The summed E-state index contributed by atoms with van der Waals surface area (Å²) >= 11 is 0. The van der Waals surface area contributed by atoms with Gasteiger partial charge in [-0.3, -0.25) is 0 Å². The summed E-state index contributed by atoms with van der Waals surface area (Å²) in [5.41, 5.74) is 0.0109. The molecule has 1 heterocycles. The maximum Gasteiger partial charge on any atom is 0.336 e. The van der Waals surface area contributed by atoms with Crippen molar-refractivity contribution in [3.63, 3.8) is 0 Å². The number of nitriles is 1. The molecular formula is C12H9NO3. The van der Waals surface area contributed by atoms with Crippen LogP contribution >= 0.6 is 0 Å². The smallest absolute Gasteiger partial charge is 0.336 e. The zero-order valence-corrected chi connectivity index (χ0v) is 8.47. The number of rotatable bonds is 3. The van der Waals surface area contributed by atoms with Gasteiger partial charge >= 0.3 is 5.63 Å². The summed E-state index contributed by atoms with van der Waals surface area (Å²) in [4.78, 5) is 11.1. The van der Waals surface area contributed by atoms with Gasteiger partial charge in [0, 0.05) is 11.5 Å². The molecular weight excluding hydrogens is 206 g/mol. The molecule has 0 unspecified atom stereocenters. The minimum Gasteiger partial charge on any atom is -0.489 e. The summed E-state index contributed by atoms with van der Waals surface area (Å²) in [5.74, 6) is 0.491. The quantitative estimate of drug-likeness (QED) is 0.580. The number of nitrogens with zero attached hydrogens (tertiary/aromatic N) is 1. The Kier molecular flexibility index (Phi) is 2.88. The molecule has 0 spiro atoms. The molecule has 2 aromatic rings. The van der Waals surface area contributed by atoms with Crippen LogP contribution in [-0.2, 0) is 0 Å². The third-order valence-electron chi connectivity index (χ3n) is 2.08. The van der Waals surface area contributed by atoms with Crippen LogP contribution in [0.2, 0.25) is 0 Å². The average molecular weight is 215 g/mol. The first-order valence-corrected chi connectivity index (χ1v) is 4.84. The second-order valence-electron chi connectivity index (χ2n) is 3.19. The third kappa shape index (κ3) is 2.04. The summed E-state index contributed by atoms with van der Waals surface area (Å²) in [6.45, 7) is 0.286. The van der Waals surface area contributed by atoms with Gasteiger partial charge in [0.15, 0.2) is 11.3 Å². The molecule has 0 saturated carbocycles. The molecule has 2 rings (SSSR count). The van der Waals surface area contributed by atoms with Crippen LogP contribution in [0.3, 0.4) is 0 Å². The highest BCUT2D eigenvalue weighted by Crippen LogP contribution is 2.23. The number of ether oxygens (including phenoxy) is 1. The van der Waals surface area contributed by atoms with E-state index >= 15 is 0 Å². The van der Waals surface area contributed by atoms with Crippen LogP contribution in [0.25, 0.3) is 11.0 Å². The third-order valence-corrected chi connectivity index (χ3v) is 2.08. The Labute approximate surface area is 91.7 Å². The summed E-state index contributed by atoms with van der Waals surface area (Å²) in [7, 11) is 0. The molecule has 4 nitrogen and oxygen atoms in total. The van der Waals surface area contributed by atoms with E-state index in [1.54, 1.807) is 12.1 Å². The molecule has 0 radical (unpaired) electrons. The molecule has 0 amide bonds. The van der Waals surface area contributed by atoms with E-state index in [9.17, 15) is 4.79 Å². The molecule has 16 heavy (non-hydrogen) atoms. The Hall–Kier alpha value is -2.28. The lowest BCUT2D eigenvalue weighted by Gasteiger charge is -2.05. The monoisotopic (exact) mass is 215 g/mol. The summed E-state index contributed by atoms with van der Waals surface area (Å²) < 4.78 is 10.4. The first kappa shape index (κ1) is 10.2. The van der Waals surface area contributed by atoms with E-state index in [-0.39, 0.29) is 6.61 Å². The van der Waals surface area contributed by atoms with Crippen LogP contribution in [0.4, 0.5) is 0 Å². The van der Waals surface area contributed by atoms with Crippen molar-refractivity contribution in [1.82, 2.24) is 0 Å². The van der Waals surface area contributed by atoms with Crippen LogP contribution in [0.5, 0.6) is 5.75 Å². The molecule has 0 aliphatic carbocycles. The fraction of sp³-hybridized carbons (Fsp3) is 0.167. The van der Waals surface area contributed by atoms with Gasteiger partial charge in [0.25, 0.3) is 0 Å². The Morgan fingerprint density at radius 1 is 1.31 bits per heavy atom. The average Bonchev–Trinajstić information content (AvgIpc) is 2.30. The number of hydrogen-bond donors (Lipinski definition) is 0. The lowest BCUT2D eigenvalue weighted by atomic mass is 10.2. The van der Waals surface area contributed by atoms with Crippen molar-refractivity contribution in [2.45, 2.75) is 6.42 Å². The number of para-hydroxylation sites is 1. The molecule has 1 aromatic carbocycles. The van der Waals surface area contributed by atoms with Gasteiger partial charge in [0.1, 0.15) is 6.61 Å². The largest absolute Gasteiger partial charge is 0.489 e. The highest BCUT2D eigenvalue weighted by molar-refractivity contribution is 5.82. The molecule has 80 valence electrons. The Morgan fingerprint density at radius 2 is 2.19 bits per heavy atom. The van der Waals surface area contributed by atoms with E-state index in [0.717, 1.165) is 5.39 Å². The highest BCUT2D eigenvalue weighted by Gasteiger charge is 2.04. The standard InChI is InChI=1S/C12H9NO3/c13-7-2-8-15-10-4-1-3-9-5-6-11(14)16-12(9)10/h1,3-6H,2,8H2. The van der Waals surface area contributed by atoms with Gasteiger partial charge in [-0.05, 0) is 12.1 Å². The van der Waals surface area contributed by atoms with E-state index in [1.165, 1.54) is 6.07 Å². The van der Waals surface area contributed by atoms with Gasteiger partial charge in [0.05, 0.1) is 12.5 Å². The molecule has 0 aliphatic heterocycles. The first-order chi connectivity index (χ1) is 7.81. The fourth-order valence-electron chi connectivity index (χ4n) is 1.39. The fourth-order valence-corrected chi connectivity index (χ4v) is 1.39. The van der Waals surface area contributed by atoms with Gasteiger partial charge in [-0.1, -0.05) is 12.1 Å². The molecule has 1 aromatic heterocycles. The lowest BCUT2D eigenvalue weighted by molar-refractivity contribution is 0.324. The van der Waals surface area contributed by atoms with Crippen LogP contribution in [0.15, 0.2) is 39.5 Å².